The van der Waals surface area contributed by atoms with Gasteiger partial charge in [-0.1, -0.05) is 30.3 Å². The van der Waals surface area contributed by atoms with E-state index in [0.29, 0.717) is 39.0 Å². The Kier molecular flexibility index (Phi) is 5.28. The fourth-order valence-electron chi connectivity index (χ4n) is 4.14. The first kappa shape index (κ1) is 18.5. The molecule has 0 spiro atoms. The molecule has 0 saturated carbocycles. The van der Waals surface area contributed by atoms with Crippen molar-refractivity contribution in [1.82, 2.24) is 9.80 Å². The summed E-state index contributed by atoms with van der Waals surface area (Å²) in [5.74, 6) is 0.566. The van der Waals surface area contributed by atoms with Crippen molar-refractivity contribution in [3.8, 4) is 0 Å². The Balaban J connectivity index is 1.30. The summed E-state index contributed by atoms with van der Waals surface area (Å²) >= 11 is 0. The molecule has 0 N–H and O–H groups in total. The van der Waals surface area contributed by atoms with Gasteiger partial charge in [-0.25, -0.2) is 0 Å². The summed E-state index contributed by atoms with van der Waals surface area (Å²) in [6.07, 6.45) is 3.19. The predicted molar refractivity (Wildman–Crippen MR) is 102 cm³/mol. The largest absolute Gasteiger partial charge is 0.467 e. The summed E-state index contributed by atoms with van der Waals surface area (Å²) in [5, 5.41) is 0. The standard InChI is InChI=1S/C22H24N2O4/c25-20-13-18(14-24(20)15-19-7-4-12-28-19)22(27)23-10-8-17(9-11-23)21(26)16-5-2-1-3-6-16/h1-7,12,17-18H,8-11,13-15H2. The molecule has 2 saturated heterocycles. The number of benzene rings is 1. The Labute approximate surface area is 164 Å². The van der Waals surface area contributed by atoms with Crippen LogP contribution in [0.25, 0.3) is 0 Å². The Hall–Kier alpha value is -2.89. The lowest BCUT2D eigenvalue weighted by atomic mass is 9.88. The van der Waals surface area contributed by atoms with Crippen LogP contribution in [0.4, 0.5) is 0 Å². The van der Waals surface area contributed by atoms with Crippen LogP contribution in [0.5, 0.6) is 0 Å². The third-order valence-corrected chi connectivity index (χ3v) is 5.73. The Morgan fingerprint density at radius 2 is 1.75 bits per heavy atom. The lowest BCUT2D eigenvalue weighted by Gasteiger charge is -2.33. The number of carbonyl (C=O) groups is 3. The third-order valence-electron chi connectivity index (χ3n) is 5.73. The number of piperidine rings is 1. The minimum atomic E-state index is -0.302. The van der Waals surface area contributed by atoms with Gasteiger partial charge in [-0.3, -0.25) is 14.4 Å². The summed E-state index contributed by atoms with van der Waals surface area (Å²) in [6, 6.07) is 13.0. The molecular formula is C22H24N2O4. The molecule has 28 heavy (non-hydrogen) atoms. The molecule has 1 aromatic heterocycles. The predicted octanol–water partition coefficient (Wildman–Crippen LogP) is 2.75. The highest BCUT2D eigenvalue weighted by Crippen LogP contribution is 2.26. The fraction of sp³-hybridized carbons (Fsp3) is 0.409. The number of ketones is 1. The second kappa shape index (κ2) is 8.00. The Bertz CT molecular complexity index is 839. The topological polar surface area (TPSA) is 70.8 Å². The van der Waals surface area contributed by atoms with Gasteiger partial charge in [0.1, 0.15) is 5.76 Å². The van der Waals surface area contributed by atoms with Gasteiger partial charge in [0.2, 0.25) is 11.8 Å². The zero-order chi connectivity index (χ0) is 19.5. The van der Waals surface area contributed by atoms with Crippen LogP contribution in [-0.4, -0.2) is 47.0 Å². The number of likely N-dealkylation sites (tertiary alicyclic amines) is 2. The number of hydrogen-bond acceptors (Lipinski definition) is 4. The summed E-state index contributed by atoms with van der Waals surface area (Å²) in [6.45, 7) is 1.99. The highest BCUT2D eigenvalue weighted by atomic mass is 16.3. The van der Waals surface area contributed by atoms with Crippen LogP contribution in [0.2, 0.25) is 0 Å². The summed E-state index contributed by atoms with van der Waals surface area (Å²) in [5.41, 5.74) is 0.738. The number of rotatable bonds is 5. The molecule has 2 amide bonds. The van der Waals surface area contributed by atoms with Gasteiger partial charge in [0.25, 0.3) is 0 Å². The molecule has 1 unspecified atom stereocenters. The summed E-state index contributed by atoms with van der Waals surface area (Å²) < 4.78 is 5.31. The average Bonchev–Trinajstić information content (AvgIpc) is 3.38. The molecule has 4 rings (SSSR count). The van der Waals surface area contributed by atoms with Crippen LogP contribution in [0.15, 0.2) is 53.1 Å². The van der Waals surface area contributed by atoms with Crippen molar-refractivity contribution in [1.29, 1.82) is 0 Å². The van der Waals surface area contributed by atoms with Crippen molar-refractivity contribution in [2.45, 2.75) is 25.8 Å². The number of hydrogen-bond donors (Lipinski definition) is 0. The van der Waals surface area contributed by atoms with Gasteiger partial charge >= 0.3 is 0 Å². The van der Waals surface area contributed by atoms with Crippen molar-refractivity contribution in [2.24, 2.45) is 11.8 Å². The molecule has 0 radical (unpaired) electrons. The van der Waals surface area contributed by atoms with Gasteiger partial charge in [0, 0.05) is 37.5 Å². The van der Waals surface area contributed by atoms with Gasteiger partial charge in [-0.15, -0.1) is 0 Å². The van der Waals surface area contributed by atoms with E-state index in [0.717, 1.165) is 11.3 Å². The highest BCUT2D eigenvalue weighted by Gasteiger charge is 2.38. The molecule has 0 aliphatic carbocycles. The van der Waals surface area contributed by atoms with E-state index >= 15 is 0 Å². The molecule has 6 nitrogen and oxygen atoms in total. The Morgan fingerprint density at radius 1 is 1.00 bits per heavy atom. The first-order valence-electron chi connectivity index (χ1n) is 9.80. The molecule has 0 bridgehead atoms. The molecule has 2 aliphatic rings. The Morgan fingerprint density at radius 3 is 2.43 bits per heavy atom. The zero-order valence-electron chi connectivity index (χ0n) is 15.8. The SMILES string of the molecule is O=C(c1ccccc1)C1CCN(C(=O)C2CC(=O)N(Cc3ccco3)C2)CC1. The number of nitrogens with zero attached hydrogens (tertiary/aromatic N) is 2. The van der Waals surface area contributed by atoms with Gasteiger partial charge < -0.3 is 14.2 Å². The van der Waals surface area contributed by atoms with Crippen molar-refractivity contribution in [3.63, 3.8) is 0 Å². The summed E-state index contributed by atoms with van der Waals surface area (Å²) in [7, 11) is 0. The monoisotopic (exact) mass is 380 g/mol. The molecular weight excluding hydrogens is 356 g/mol. The third kappa shape index (κ3) is 3.86. The maximum atomic E-state index is 12.9. The molecule has 1 atom stereocenters. The van der Waals surface area contributed by atoms with E-state index in [4.69, 9.17) is 4.42 Å². The van der Waals surface area contributed by atoms with E-state index < -0.39 is 0 Å². The van der Waals surface area contributed by atoms with Crippen LogP contribution < -0.4 is 0 Å². The first-order valence-corrected chi connectivity index (χ1v) is 9.80. The van der Waals surface area contributed by atoms with Gasteiger partial charge in [0.05, 0.1) is 18.7 Å². The maximum Gasteiger partial charge on any atom is 0.227 e. The molecule has 6 heteroatoms. The average molecular weight is 380 g/mol. The van der Waals surface area contributed by atoms with Crippen LogP contribution in [0.3, 0.4) is 0 Å². The minimum Gasteiger partial charge on any atom is -0.467 e. The smallest absolute Gasteiger partial charge is 0.227 e. The molecule has 3 heterocycles. The number of Topliss-reactive ketones (excluding diaryl/α,β-unsaturated/α-hetero) is 1. The maximum absolute atomic E-state index is 12.9. The van der Waals surface area contributed by atoms with E-state index in [1.54, 1.807) is 17.2 Å². The second-order valence-corrected chi connectivity index (χ2v) is 7.58. The van der Waals surface area contributed by atoms with Gasteiger partial charge in [-0.2, -0.15) is 0 Å². The van der Waals surface area contributed by atoms with Crippen molar-refractivity contribution < 1.29 is 18.8 Å². The van der Waals surface area contributed by atoms with Gasteiger partial charge in [0.15, 0.2) is 5.78 Å². The first-order chi connectivity index (χ1) is 13.6. The normalized spacial score (nSPS) is 20.6. The van der Waals surface area contributed by atoms with Crippen LogP contribution in [0.1, 0.15) is 35.4 Å². The number of amides is 2. The quantitative estimate of drug-likeness (QED) is 0.748. The lowest BCUT2D eigenvalue weighted by Crippen LogP contribution is -2.43. The van der Waals surface area contributed by atoms with Crippen LogP contribution in [0, 0.1) is 11.8 Å². The van der Waals surface area contributed by atoms with Crippen molar-refractivity contribution >= 4 is 17.6 Å². The van der Waals surface area contributed by atoms with E-state index in [1.165, 1.54) is 0 Å². The molecule has 2 aliphatic heterocycles. The molecule has 2 aromatic rings. The van der Waals surface area contributed by atoms with Crippen molar-refractivity contribution in [3.05, 3.63) is 60.1 Å². The highest BCUT2D eigenvalue weighted by molar-refractivity contribution is 5.98. The van der Waals surface area contributed by atoms with E-state index in [-0.39, 0.29) is 35.9 Å². The molecule has 2 fully saturated rings. The minimum absolute atomic E-state index is 0.0103. The van der Waals surface area contributed by atoms with E-state index in [2.05, 4.69) is 0 Å². The number of furan rings is 1. The van der Waals surface area contributed by atoms with E-state index in [1.807, 2.05) is 41.3 Å². The molecule has 146 valence electrons. The molecule has 1 aromatic carbocycles. The second-order valence-electron chi connectivity index (χ2n) is 7.58. The fourth-order valence-corrected chi connectivity index (χ4v) is 4.14. The zero-order valence-corrected chi connectivity index (χ0v) is 15.8. The lowest BCUT2D eigenvalue weighted by molar-refractivity contribution is -0.137. The van der Waals surface area contributed by atoms with Crippen molar-refractivity contribution in [2.75, 3.05) is 19.6 Å². The van der Waals surface area contributed by atoms with E-state index in [9.17, 15) is 14.4 Å². The van der Waals surface area contributed by atoms with Crippen LogP contribution >= 0.6 is 0 Å². The van der Waals surface area contributed by atoms with Gasteiger partial charge in [-0.05, 0) is 25.0 Å². The van der Waals surface area contributed by atoms with Crippen LogP contribution in [-0.2, 0) is 16.1 Å². The summed E-state index contributed by atoms with van der Waals surface area (Å²) in [4.78, 5) is 41.3. The number of carbonyl (C=O) groups excluding carboxylic acids is 3.